The Morgan fingerprint density at radius 1 is 1.21 bits per heavy atom. The number of aryl methyl sites for hydroxylation is 1. The van der Waals surface area contributed by atoms with E-state index in [1.807, 2.05) is 43.3 Å². The molecular weight excluding hydrogens is 238 g/mol. The minimum absolute atomic E-state index is 0.0277. The van der Waals surface area contributed by atoms with E-state index < -0.39 is 0 Å². The van der Waals surface area contributed by atoms with Crippen molar-refractivity contribution in [1.29, 1.82) is 0 Å². The van der Waals surface area contributed by atoms with Crippen LogP contribution in [0.25, 0.3) is 0 Å². The average molecular weight is 255 g/mol. The van der Waals surface area contributed by atoms with Gasteiger partial charge in [0.05, 0.1) is 6.54 Å². The zero-order valence-electron chi connectivity index (χ0n) is 10.9. The van der Waals surface area contributed by atoms with Gasteiger partial charge in [-0.1, -0.05) is 30.3 Å². The Kier molecular flexibility index (Phi) is 4.50. The summed E-state index contributed by atoms with van der Waals surface area (Å²) < 4.78 is 0. The summed E-state index contributed by atoms with van der Waals surface area (Å²) in [7, 11) is 0. The third kappa shape index (κ3) is 4.10. The van der Waals surface area contributed by atoms with Crippen LogP contribution in [0.4, 0.5) is 5.69 Å². The second-order valence-electron chi connectivity index (χ2n) is 4.31. The molecule has 2 aromatic rings. The van der Waals surface area contributed by atoms with Crippen molar-refractivity contribution in [3.05, 3.63) is 59.9 Å². The van der Waals surface area contributed by atoms with Gasteiger partial charge >= 0.3 is 0 Å². The lowest BCUT2D eigenvalue weighted by Crippen LogP contribution is -2.29. The summed E-state index contributed by atoms with van der Waals surface area (Å²) in [5, 5.41) is 5.97. The Morgan fingerprint density at radius 3 is 2.74 bits per heavy atom. The summed E-state index contributed by atoms with van der Waals surface area (Å²) >= 11 is 0. The molecule has 1 aromatic carbocycles. The number of carbonyl (C=O) groups is 1. The second-order valence-corrected chi connectivity index (χ2v) is 4.31. The Balaban J connectivity index is 1.78. The van der Waals surface area contributed by atoms with Crippen LogP contribution in [0.3, 0.4) is 0 Å². The topological polar surface area (TPSA) is 54.0 Å². The van der Waals surface area contributed by atoms with Crippen molar-refractivity contribution < 1.29 is 4.79 Å². The maximum atomic E-state index is 11.7. The molecule has 0 spiro atoms. The zero-order chi connectivity index (χ0) is 13.5. The van der Waals surface area contributed by atoms with Gasteiger partial charge in [-0.3, -0.25) is 9.78 Å². The Hall–Kier alpha value is -2.36. The highest BCUT2D eigenvalue weighted by Crippen LogP contribution is 2.10. The number of hydrogen-bond donors (Lipinski definition) is 2. The van der Waals surface area contributed by atoms with Gasteiger partial charge in [0.2, 0.25) is 5.91 Å². The van der Waals surface area contributed by atoms with E-state index >= 15 is 0 Å². The van der Waals surface area contributed by atoms with E-state index in [1.165, 1.54) is 0 Å². The van der Waals surface area contributed by atoms with Crippen LogP contribution in [0.5, 0.6) is 0 Å². The highest BCUT2D eigenvalue weighted by Gasteiger charge is 2.02. The van der Waals surface area contributed by atoms with Gasteiger partial charge < -0.3 is 10.6 Å². The Labute approximate surface area is 112 Å². The molecule has 98 valence electrons. The Morgan fingerprint density at radius 2 is 2.00 bits per heavy atom. The maximum absolute atomic E-state index is 11.7. The predicted molar refractivity (Wildman–Crippen MR) is 75.8 cm³/mol. The van der Waals surface area contributed by atoms with Crippen LogP contribution in [0, 0.1) is 6.92 Å². The van der Waals surface area contributed by atoms with Crippen LogP contribution < -0.4 is 10.6 Å². The largest absolute Gasteiger partial charge is 0.376 e. The molecule has 0 aliphatic carbocycles. The summed E-state index contributed by atoms with van der Waals surface area (Å²) in [5.74, 6) is -0.0277. The number of aromatic nitrogens is 1. The van der Waals surface area contributed by atoms with Crippen LogP contribution in [-0.4, -0.2) is 17.4 Å². The van der Waals surface area contributed by atoms with E-state index in [4.69, 9.17) is 0 Å². The van der Waals surface area contributed by atoms with Crippen molar-refractivity contribution in [2.45, 2.75) is 13.5 Å². The monoisotopic (exact) mass is 255 g/mol. The quantitative estimate of drug-likeness (QED) is 0.860. The number of carbonyl (C=O) groups excluding carboxylic acids is 1. The summed E-state index contributed by atoms with van der Waals surface area (Å²) in [6.07, 6.45) is 3.47. The second kappa shape index (κ2) is 6.54. The Bertz CT molecular complexity index is 540. The molecule has 0 saturated heterocycles. The fraction of sp³-hybridized carbons (Fsp3) is 0.200. The lowest BCUT2D eigenvalue weighted by Gasteiger charge is -2.09. The molecule has 0 unspecified atom stereocenters. The molecule has 4 nitrogen and oxygen atoms in total. The SMILES string of the molecule is Cc1cnccc1NCC(=O)NCc1ccccc1. The summed E-state index contributed by atoms with van der Waals surface area (Å²) in [6, 6.07) is 11.7. The lowest BCUT2D eigenvalue weighted by molar-refractivity contribution is -0.119. The van der Waals surface area contributed by atoms with E-state index in [2.05, 4.69) is 15.6 Å². The molecule has 0 fully saturated rings. The molecule has 1 heterocycles. The molecular formula is C15H17N3O. The van der Waals surface area contributed by atoms with E-state index in [0.29, 0.717) is 6.54 Å². The minimum Gasteiger partial charge on any atom is -0.376 e. The third-order valence-electron chi connectivity index (χ3n) is 2.79. The number of anilines is 1. The number of pyridine rings is 1. The first-order chi connectivity index (χ1) is 9.25. The highest BCUT2D eigenvalue weighted by atomic mass is 16.1. The molecule has 19 heavy (non-hydrogen) atoms. The molecule has 1 aromatic heterocycles. The van der Waals surface area contributed by atoms with Gasteiger partial charge in [-0.25, -0.2) is 0 Å². The zero-order valence-corrected chi connectivity index (χ0v) is 10.9. The van der Waals surface area contributed by atoms with Crippen molar-refractivity contribution in [2.24, 2.45) is 0 Å². The summed E-state index contributed by atoms with van der Waals surface area (Å²) in [5.41, 5.74) is 3.05. The molecule has 0 atom stereocenters. The number of nitrogens with zero attached hydrogens (tertiary/aromatic N) is 1. The molecule has 0 bridgehead atoms. The van der Waals surface area contributed by atoms with Gasteiger partial charge in [-0.05, 0) is 24.1 Å². The van der Waals surface area contributed by atoms with Crippen LogP contribution >= 0.6 is 0 Å². The molecule has 0 aliphatic rings. The molecule has 0 aliphatic heterocycles. The molecule has 2 rings (SSSR count). The average Bonchev–Trinajstić information content (AvgIpc) is 2.45. The number of hydrogen-bond acceptors (Lipinski definition) is 3. The molecule has 0 radical (unpaired) electrons. The van der Waals surface area contributed by atoms with Gasteiger partial charge in [0.1, 0.15) is 0 Å². The summed E-state index contributed by atoms with van der Waals surface area (Å²) in [6.45, 7) is 2.77. The standard InChI is InChI=1S/C15H17N3O/c1-12-9-16-8-7-14(12)17-11-15(19)18-10-13-5-3-2-4-6-13/h2-9H,10-11H2,1H3,(H,16,17)(H,18,19). The first kappa shape index (κ1) is 13.1. The third-order valence-corrected chi connectivity index (χ3v) is 2.79. The van der Waals surface area contributed by atoms with Crippen LogP contribution in [0.2, 0.25) is 0 Å². The van der Waals surface area contributed by atoms with Gasteiger partial charge in [0.15, 0.2) is 0 Å². The van der Waals surface area contributed by atoms with Crippen molar-refractivity contribution in [3.63, 3.8) is 0 Å². The minimum atomic E-state index is -0.0277. The number of benzene rings is 1. The first-order valence-corrected chi connectivity index (χ1v) is 6.21. The molecule has 0 saturated carbocycles. The lowest BCUT2D eigenvalue weighted by atomic mass is 10.2. The summed E-state index contributed by atoms with van der Waals surface area (Å²) in [4.78, 5) is 15.7. The van der Waals surface area contributed by atoms with E-state index in [1.54, 1.807) is 12.4 Å². The molecule has 1 amide bonds. The van der Waals surface area contributed by atoms with E-state index in [-0.39, 0.29) is 12.5 Å². The number of rotatable bonds is 5. The molecule has 2 N–H and O–H groups in total. The van der Waals surface area contributed by atoms with Crippen molar-refractivity contribution in [2.75, 3.05) is 11.9 Å². The van der Waals surface area contributed by atoms with Crippen LogP contribution in [0.15, 0.2) is 48.8 Å². The maximum Gasteiger partial charge on any atom is 0.239 e. The van der Waals surface area contributed by atoms with Gasteiger partial charge in [0, 0.05) is 24.6 Å². The normalized spacial score (nSPS) is 9.95. The predicted octanol–water partition coefficient (Wildman–Crippen LogP) is 2.12. The fourth-order valence-electron chi connectivity index (χ4n) is 1.71. The van der Waals surface area contributed by atoms with Crippen molar-refractivity contribution >= 4 is 11.6 Å². The highest BCUT2D eigenvalue weighted by molar-refractivity contribution is 5.80. The van der Waals surface area contributed by atoms with Gasteiger partial charge in [0.25, 0.3) is 0 Å². The van der Waals surface area contributed by atoms with Crippen molar-refractivity contribution in [1.82, 2.24) is 10.3 Å². The van der Waals surface area contributed by atoms with Crippen LogP contribution in [-0.2, 0) is 11.3 Å². The van der Waals surface area contributed by atoms with Gasteiger partial charge in [-0.15, -0.1) is 0 Å². The molecule has 4 heteroatoms. The fourth-order valence-corrected chi connectivity index (χ4v) is 1.71. The number of amides is 1. The van der Waals surface area contributed by atoms with Crippen LogP contribution in [0.1, 0.15) is 11.1 Å². The van der Waals surface area contributed by atoms with Gasteiger partial charge in [-0.2, -0.15) is 0 Å². The smallest absolute Gasteiger partial charge is 0.239 e. The first-order valence-electron chi connectivity index (χ1n) is 6.21. The number of nitrogens with one attached hydrogen (secondary N) is 2. The van der Waals surface area contributed by atoms with E-state index in [0.717, 1.165) is 16.8 Å². The van der Waals surface area contributed by atoms with Crippen molar-refractivity contribution in [3.8, 4) is 0 Å². The van der Waals surface area contributed by atoms with E-state index in [9.17, 15) is 4.79 Å².